The Hall–Kier alpha value is -1.23. The first-order valence-electron chi connectivity index (χ1n) is 5.15. The third kappa shape index (κ3) is 3.12. The Balaban J connectivity index is 3.17. The molecule has 0 aliphatic rings. The summed E-state index contributed by atoms with van der Waals surface area (Å²) in [5.41, 5.74) is 0.918. The molecule has 0 saturated heterocycles. The summed E-state index contributed by atoms with van der Waals surface area (Å²) in [4.78, 5) is 1.15. The van der Waals surface area contributed by atoms with E-state index >= 15 is 0 Å². The standard InChI is InChI=1S/C12H16F3NO/c1-8-7-9(5-6-10(8)17-4)11(16(2)3)12(13,14)15/h5-7,11H,1-4H3. The van der Waals surface area contributed by atoms with Gasteiger partial charge in [0.2, 0.25) is 0 Å². The van der Waals surface area contributed by atoms with E-state index < -0.39 is 12.2 Å². The number of benzene rings is 1. The normalized spacial score (nSPS) is 13.9. The Bertz CT molecular complexity index is 388. The average molecular weight is 247 g/mol. The summed E-state index contributed by atoms with van der Waals surface area (Å²) in [6.45, 7) is 1.73. The summed E-state index contributed by atoms with van der Waals surface area (Å²) in [5, 5.41) is 0. The largest absolute Gasteiger partial charge is 0.496 e. The summed E-state index contributed by atoms with van der Waals surface area (Å²) >= 11 is 0. The lowest BCUT2D eigenvalue weighted by Gasteiger charge is -2.27. The van der Waals surface area contributed by atoms with Crippen LogP contribution in [-0.4, -0.2) is 32.3 Å². The summed E-state index contributed by atoms with van der Waals surface area (Å²) in [5.74, 6) is 0.591. The number of ether oxygens (including phenoxy) is 1. The first-order valence-corrected chi connectivity index (χ1v) is 5.15. The molecular weight excluding hydrogens is 231 g/mol. The van der Waals surface area contributed by atoms with E-state index in [1.54, 1.807) is 13.0 Å². The molecule has 1 aromatic rings. The molecule has 0 saturated carbocycles. The van der Waals surface area contributed by atoms with Crippen LogP contribution in [0.15, 0.2) is 18.2 Å². The van der Waals surface area contributed by atoms with Gasteiger partial charge in [0, 0.05) is 0 Å². The second kappa shape index (κ2) is 4.96. The molecule has 0 aliphatic carbocycles. The molecule has 0 amide bonds. The van der Waals surface area contributed by atoms with Crippen molar-refractivity contribution in [1.82, 2.24) is 4.90 Å². The molecule has 96 valence electrons. The van der Waals surface area contributed by atoms with Crippen LogP contribution in [0.3, 0.4) is 0 Å². The molecule has 0 spiro atoms. The smallest absolute Gasteiger partial charge is 0.408 e. The van der Waals surface area contributed by atoms with Gasteiger partial charge < -0.3 is 4.74 Å². The van der Waals surface area contributed by atoms with Gasteiger partial charge in [-0.3, -0.25) is 4.90 Å². The van der Waals surface area contributed by atoms with Gasteiger partial charge in [0.1, 0.15) is 11.8 Å². The molecule has 0 heterocycles. The zero-order valence-corrected chi connectivity index (χ0v) is 10.3. The number of aryl methyl sites for hydroxylation is 1. The molecule has 2 nitrogen and oxygen atoms in total. The van der Waals surface area contributed by atoms with Gasteiger partial charge in [-0.2, -0.15) is 13.2 Å². The fraction of sp³-hybridized carbons (Fsp3) is 0.500. The number of rotatable bonds is 3. The van der Waals surface area contributed by atoms with Crippen LogP contribution in [0.4, 0.5) is 13.2 Å². The highest BCUT2D eigenvalue weighted by Gasteiger charge is 2.42. The van der Waals surface area contributed by atoms with Crippen molar-refractivity contribution in [3.63, 3.8) is 0 Å². The van der Waals surface area contributed by atoms with E-state index in [0.29, 0.717) is 11.3 Å². The van der Waals surface area contributed by atoms with E-state index in [1.165, 1.54) is 33.3 Å². The maximum absolute atomic E-state index is 12.9. The predicted octanol–water partition coefficient (Wildman–Crippen LogP) is 3.17. The first-order chi connectivity index (χ1) is 7.77. The van der Waals surface area contributed by atoms with Crippen LogP contribution in [0.1, 0.15) is 17.2 Å². The molecule has 5 heteroatoms. The molecule has 0 aromatic heterocycles. The van der Waals surface area contributed by atoms with Gasteiger partial charge >= 0.3 is 6.18 Å². The lowest BCUT2D eigenvalue weighted by Crippen LogP contribution is -2.33. The van der Waals surface area contributed by atoms with Crippen LogP contribution >= 0.6 is 0 Å². The minimum atomic E-state index is -4.29. The van der Waals surface area contributed by atoms with Crippen molar-refractivity contribution in [2.45, 2.75) is 19.1 Å². The molecule has 0 bridgehead atoms. The van der Waals surface area contributed by atoms with Gasteiger partial charge in [-0.15, -0.1) is 0 Å². The predicted molar refractivity (Wildman–Crippen MR) is 60.2 cm³/mol. The summed E-state index contributed by atoms with van der Waals surface area (Å²) < 4.78 is 43.7. The maximum atomic E-state index is 12.9. The van der Waals surface area contributed by atoms with Crippen LogP contribution in [0.5, 0.6) is 5.75 Å². The number of methoxy groups -OCH3 is 1. The van der Waals surface area contributed by atoms with Gasteiger partial charge in [-0.05, 0) is 38.2 Å². The topological polar surface area (TPSA) is 12.5 Å². The molecule has 1 unspecified atom stereocenters. The lowest BCUT2D eigenvalue weighted by atomic mass is 10.0. The first kappa shape index (κ1) is 13.8. The van der Waals surface area contributed by atoms with Crippen molar-refractivity contribution in [3.05, 3.63) is 29.3 Å². The van der Waals surface area contributed by atoms with Gasteiger partial charge in [0.25, 0.3) is 0 Å². The maximum Gasteiger partial charge on any atom is 0.408 e. The highest BCUT2D eigenvalue weighted by molar-refractivity contribution is 5.37. The molecule has 1 atom stereocenters. The summed E-state index contributed by atoms with van der Waals surface area (Å²) in [7, 11) is 4.32. The fourth-order valence-electron chi connectivity index (χ4n) is 1.85. The Morgan fingerprint density at radius 1 is 1.24 bits per heavy atom. The van der Waals surface area contributed by atoms with Gasteiger partial charge in [-0.25, -0.2) is 0 Å². The Morgan fingerprint density at radius 2 is 1.82 bits per heavy atom. The number of halogens is 3. The van der Waals surface area contributed by atoms with Gasteiger partial charge in [0.15, 0.2) is 0 Å². The van der Waals surface area contributed by atoms with Crippen molar-refractivity contribution in [2.24, 2.45) is 0 Å². The molecule has 0 fully saturated rings. The molecule has 1 rings (SSSR count). The summed E-state index contributed by atoms with van der Waals surface area (Å²) in [6.07, 6.45) is -4.29. The van der Waals surface area contributed by atoms with Crippen molar-refractivity contribution in [2.75, 3.05) is 21.2 Å². The SMILES string of the molecule is COc1ccc(C(N(C)C)C(F)(F)F)cc1C. The van der Waals surface area contributed by atoms with Crippen molar-refractivity contribution in [3.8, 4) is 5.75 Å². The van der Waals surface area contributed by atoms with E-state index in [9.17, 15) is 13.2 Å². The van der Waals surface area contributed by atoms with Crippen LogP contribution in [0.25, 0.3) is 0 Å². The Labute approximate surface area is 99.0 Å². The number of hydrogen-bond acceptors (Lipinski definition) is 2. The van der Waals surface area contributed by atoms with Crippen molar-refractivity contribution < 1.29 is 17.9 Å². The minimum Gasteiger partial charge on any atom is -0.496 e. The highest BCUT2D eigenvalue weighted by atomic mass is 19.4. The Morgan fingerprint density at radius 3 is 2.18 bits per heavy atom. The van der Waals surface area contributed by atoms with Crippen LogP contribution in [0.2, 0.25) is 0 Å². The van der Waals surface area contributed by atoms with E-state index in [1.807, 2.05) is 0 Å². The Kier molecular flexibility index (Phi) is 4.03. The second-order valence-electron chi connectivity index (χ2n) is 4.14. The minimum absolute atomic E-state index is 0.223. The van der Waals surface area contributed by atoms with E-state index in [4.69, 9.17) is 4.74 Å². The number of alkyl halides is 3. The molecule has 17 heavy (non-hydrogen) atoms. The monoisotopic (exact) mass is 247 g/mol. The quantitative estimate of drug-likeness (QED) is 0.813. The number of nitrogens with zero attached hydrogens (tertiary/aromatic N) is 1. The molecule has 1 aromatic carbocycles. The molecule has 0 radical (unpaired) electrons. The summed E-state index contributed by atoms with van der Waals surface area (Å²) in [6, 6.07) is 2.93. The second-order valence-corrected chi connectivity index (χ2v) is 4.14. The third-order valence-corrected chi connectivity index (χ3v) is 2.56. The van der Waals surface area contributed by atoms with Gasteiger partial charge in [-0.1, -0.05) is 12.1 Å². The van der Waals surface area contributed by atoms with E-state index in [0.717, 1.165) is 4.90 Å². The van der Waals surface area contributed by atoms with Crippen molar-refractivity contribution >= 4 is 0 Å². The highest BCUT2D eigenvalue weighted by Crippen LogP contribution is 2.37. The molecular formula is C12H16F3NO. The molecule has 0 N–H and O–H groups in total. The average Bonchev–Trinajstić information content (AvgIpc) is 2.15. The third-order valence-electron chi connectivity index (χ3n) is 2.56. The van der Waals surface area contributed by atoms with E-state index in [-0.39, 0.29) is 5.56 Å². The zero-order valence-electron chi connectivity index (χ0n) is 10.3. The van der Waals surface area contributed by atoms with E-state index in [2.05, 4.69) is 0 Å². The van der Waals surface area contributed by atoms with Gasteiger partial charge in [0.05, 0.1) is 7.11 Å². The zero-order chi connectivity index (χ0) is 13.2. The fourth-order valence-corrected chi connectivity index (χ4v) is 1.85. The van der Waals surface area contributed by atoms with Crippen molar-refractivity contribution in [1.29, 1.82) is 0 Å². The number of hydrogen-bond donors (Lipinski definition) is 0. The van der Waals surface area contributed by atoms with Crippen LogP contribution in [-0.2, 0) is 0 Å². The van der Waals surface area contributed by atoms with Crippen LogP contribution in [0, 0.1) is 6.92 Å². The molecule has 0 aliphatic heterocycles. The lowest BCUT2D eigenvalue weighted by molar-refractivity contribution is -0.179. The van der Waals surface area contributed by atoms with Crippen LogP contribution < -0.4 is 4.74 Å².